The molecule has 0 unspecified atom stereocenters. The minimum absolute atomic E-state index is 0. The van der Waals surface area contributed by atoms with E-state index >= 15 is 0 Å². The van der Waals surface area contributed by atoms with E-state index in [9.17, 15) is 4.79 Å². The van der Waals surface area contributed by atoms with Crippen LogP contribution < -0.4 is 4.90 Å². The molecule has 0 saturated carbocycles. The van der Waals surface area contributed by atoms with Crippen LogP contribution >= 0.6 is 0 Å². The summed E-state index contributed by atoms with van der Waals surface area (Å²) in [4.78, 5) is 25.9. The van der Waals surface area contributed by atoms with Crippen LogP contribution in [0.3, 0.4) is 0 Å². The molecule has 2 aromatic heterocycles. The zero-order chi connectivity index (χ0) is 35.8. The average Bonchev–Trinajstić information content (AvgIpc) is 3.54. The smallest absolute Gasteiger partial charge is 0.511 e. The van der Waals surface area contributed by atoms with E-state index in [1.807, 2.05) is 18.2 Å². The second kappa shape index (κ2) is 14.5. The average molecular weight is 855 g/mol. The quantitative estimate of drug-likeness (QED) is 0.181. The standard InChI is InChI=1S/C37H39N4.C6H5NO2.Ir/c1-35(2,3)27-17-19-32-29(23-27)37(41-22-21-39(7)25-41,30-24-28(36(4,5)6)18-20-33(30)40(32)8)34-16-12-15-31(38-34)26-13-10-9-11-14-26;8-6(9)5-3-1-2-4-7-5;/h9-13,15-23,25H,1-8H3;1-4H,(H,8,9);/q-3;;+3/t37-;;/m1../s1. The van der Waals surface area contributed by atoms with Gasteiger partial charge >= 0.3 is 26.1 Å². The van der Waals surface area contributed by atoms with Crippen molar-refractivity contribution in [3.8, 4) is 11.3 Å². The fourth-order valence-electron chi connectivity index (χ4n) is 6.47. The van der Waals surface area contributed by atoms with Crippen LogP contribution in [-0.4, -0.2) is 44.9 Å². The summed E-state index contributed by atoms with van der Waals surface area (Å²) in [6.07, 6.45) is 5.72. The second-order valence-electron chi connectivity index (χ2n) is 14.8. The van der Waals surface area contributed by atoms with E-state index in [1.54, 1.807) is 12.1 Å². The van der Waals surface area contributed by atoms with Crippen molar-refractivity contribution in [3.05, 3.63) is 162 Å². The Labute approximate surface area is 316 Å². The molecular weight excluding hydrogens is 811 g/mol. The van der Waals surface area contributed by atoms with Crippen molar-refractivity contribution in [2.45, 2.75) is 57.9 Å². The molecule has 7 nitrogen and oxygen atoms in total. The molecule has 0 fully saturated rings. The second-order valence-corrected chi connectivity index (χ2v) is 14.8. The minimum Gasteiger partial charge on any atom is -0.511 e. The normalized spacial score (nSPS) is 16.4. The van der Waals surface area contributed by atoms with Crippen LogP contribution in [0.5, 0.6) is 0 Å². The van der Waals surface area contributed by atoms with Gasteiger partial charge in [0, 0.05) is 17.4 Å². The SMILES string of the molecule is CN1C=CN([C@@]2(c3cccc(-c4[c-]cccc4)n3)c3[c-]c(C(C)(C)C)ccc3N(C)c3ccc(C(C)(C)C)cc32)[CH-]1.O=C(O)c1ccccn1.[Ir+3]. The van der Waals surface area contributed by atoms with Crippen molar-refractivity contribution in [1.29, 1.82) is 0 Å². The van der Waals surface area contributed by atoms with E-state index in [0.29, 0.717) is 0 Å². The summed E-state index contributed by atoms with van der Waals surface area (Å²) in [6, 6.07) is 38.0. The molecule has 1 N–H and O–H groups in total. The fraction of sp³-hybridized carbons (Fsp3) is 0.256. The van der Waals surface area contributed by atoms with E-state index in [-0.39, 0.29) is 36.6 Å². The number of carboxylic acids is 1. The number of carboxylic acid groups (broad SMARTS) is 1. The predicted octanol–water partition coefficient (Wildman–Crippen LogP) is 8.93. The van der Waals surface area contributed by atoms with Gasteiger partial charge in [-0.25, -0.2) is 9.78 Å². The first kappa shape index (κ1) is 37.5. The molecule has 262 valence electrons. The molecule has 0 amide bonds. The first-order chi connectivity index (χ1) is 23.7. The van der Waals surface area contributed by atoms with Crippen LogP contribution in [0.15, 0.2) is 110 Å². The van der Waals surface area contributed by atoms with Crippen molar-refractivity contribution in [2.24, 2.45) is 0 Å². The molecule has 8 heteroatoms. The van der Waals surface area contributed by atoms with Gasteiger partial charge in [0.05, 0.1) is 11.2 Å². The predicted molar refractivity (Wildman–Crippen MR) is 200 cm³/mol. The van der Waals surface area contributed by atoms with Crippen LogP contribution in [0.2, 0.25) is 0 Å². The molecule has 7 rings (SSSR count). The molecule has 2 aliphatic rings. The number of aromatic carboxylic acids is 1. The summed E-state index contributed by atoms with van der Waals surface area (Å²) < 4.78 is 0. The Balaban J connectivity index is 0.000000441. The van der Waals surface area contributed by atoms with Gasteiger partial charge in [-0.15, -0.1) is 47.5 Å². The van der Waals surface area contributed by atoms with E-state index in [1.165, 1.54) is 29.0 Å². The van der Waals surface area contributed by atoms with Crippen LogP contribution in [0.25, 0.3) is 11.3 Å². The largest absolute Gasteiger partial charge is 3.00 e. The molecule has 0 spiro atoms. The van der Waals surface area contributed by atoms with Crippen molar-refractivity contribution >= 4 is 17.3 Å². The van der Waals surface area contributed by atoms with Gasteiger partial charge in [-0.3, -0.25) is 4.98 Å². The van der Waals surface area contributed by atoms with Crippen molar-refractivity contribution in [1.82, 2.24) is 19.8 Å². The third kappa shape index (κ3) is 7.21. The summed E-state index contributed by atoms with van der Waals surface area (Å²) in [6.45, 7) is 15.8. The number of aromatic nitrogens is 2. The molecule has 3 aromatic carbocycles. The molecule has 51 heavy (non-hydrogen) atoms. The Hall–Kier alpha value is -4.78. The van der Waals surface area contributed by atoms with Gasteiger partial charge in [0.2, 0.25) is 0 Å². The van der Waals surface area contributed by atoms with E-state index in [0.717, 1.165) is 33.9 Å². The molecule has 4 heterocycles. The van der Waals surface area contributed by atoms with Crippen molar-refractivity contribution < 1.29 is 30.0 Å². The van der Waals surface area contributed by atoms with Crippen LogP contribution in [0.1, 0.15) is 80.0 Å². The van der Waals surface area contributed by atoms with Gasteiger partial charge in [-0.1, -0.05) is 77.6 Å². The fourth-order valence-corrected chi connectivity index (χ4v) is 6.47. The molecular formula is C43H44IrN5O2. The van der Waals surface area contributed by atoms with Crippen LogP contribution in [0, 0.1) is 18.8 Å². The summed E-state index contributed by atoms with van der Waals surface area (Å²) in [5, 5.41) is 8.32. The third-order valence-electron chi connectivity index (χ3n) is 9.21. The number of fused-ring (bicyclic) bond motifs is 2. The Kier molecular flexibility index (Phi) is 10.6. The minimum atomic E-state index is -0.990. The molecule has 2 aliphatic heterocycles. The van der Waals surface area contributed by atoms with Gasteiger partial charge in [0.15, 0.2) is 0 Å². The number of anilines is 2. The maximum Gasteiger partial charge on any atom is 3.00 e. The third-order valence-corrected chi connectivity index (χ3v) is 9.21. The maximum absolute atomic E-state index is 10.1. The summed E-state index contributed by atoms with van der Waals surface area (Å²) in [5.41, 5.74) is 9.12. The maximum atomic E-state index is 10.1. The van der Waals surface area contributed by atoms with Gasteiger partial charge in [-0.05, 0) is 72.8 Å². The summed E-state index contributed by atoms with van der Waals surface area (Å²) in [7, 11) is 4.24. The molecule has 0 saturated heterocycles. The number of hydrogen-bond acceptors (Lipinski definition) is 6. The van der Waals surface area contributed by atoms with Crippen LogP contribution in [0.4, 0.5) is 11.4 Å². The molecule has 1 atom stereocenters. The number of rotatable bonds is 4. The zero-order valence-electron chi connectivity index (χ0n) is 30.4. The van der Waals surface area contributed by atoms with E-state index < -0.39 is 11.5 Å². The number of pyridine rings is 2. The van der Waals surface area contributed by atoms with Crippen LogP contribution in [-0.2, 0) is 36.5 Å². The van der Waals surface area contributed by atoms with Gasteiger partial charge in [0.25, 0.3) is 0 Å². The Morgan fingerprint density at radius 3 is 2.18 bits per heavy atom. The van der Waals surface area contributed by atoms with E-state index in [2.05, 4.69) is 161 Å². The first-order valence-electron chi connectivity index (χ1n) is 16.8. The molecule has 0 radical (unpaired) electrons. The number of benzene rings is 3. The number of carbonyl (C=O) groups is 1. The Morgan fingerprint density at radius 1 is 0.843 bits per heavy atom. The summed E-state index contributed by atoms with van der Waals surface area (Å²) >= 11 is 0. The van der Waals surface area contributed by atoms with Gasteiger partial charge < -0.3 is 19.8 Å². The molecule has 5 aromatic rings. The number of nitrogens with zero attached hydrogens (tertiary/aromatic N) is 5. The molecule has 0 aliphatic carbocycles. The van der Waals surface area contributed by atoms with Gasteiger partial charge in [-0.2, -0.15) is 24.4 Å². The van der Waals surface area contributed by atoms with Crippen molar-refractivity contribution in [2.75, 3.05) is 19.0 Å². The number of hydrogen-bond donors (Lipinski definition) is 1. The van der Waals surface area contributed by atoms with E-state index in [4.69, 9.17) is 10.1 Å². The van der Waals surface area contributed by atoms with Gasteiger partial charge in [0.1, 0.15) is 5.69 Å². The topological polar surface area (TPSA) is 72.8 Å². The Bertz CT molecular complexity index is 1970. The summed E-state index contributed by atoms with van der Waals surface area (Å²) in [5.74, 6) is -0.990. The van der Waals surface area contributed by atoms with Crippen molar-refractivity contribution in [3.63, 3.8) is 0 Å². The monoisotopic (exact) mass is 855 g/mol. The first-order valence-corrected chi connectivity index (χ1v) is 16.8. The Morgan fingerprint density at radius 2 is 1.59 bits per heavy atom. The zero-order valence-corrected chi connectivity index (χ0v) is 32.8. The molecule has 0 bridgehead atoms.